The van der Waals surface area contributed by atoms with Crippen molar-refractivity contribution in [3.8, 4) is 11.8 Å². The van der Waals surface area contributed by atoms with Gasteiger partial charge in [0.15, 0.2) is 0 Å². The Hall–Kier alpha value is -2.03. The zero-order valence-electron chi connectivity index (χ0n) is 11.7. The molecule has 0 aliphatic rings. The van der Waals surface area contributed by atoms with Crippen LogP contribution in [-0.4, -0.2) is 36.6 Å². The molecule has 0 rings (SSSR count). The molecule has 0 aliphatic heterocycles. The molecule has 0 saturated carbocycles. The van der Waals surface area contributed by atoms with E-state index >= 15 is 0 Å². The van der Waals surface area contributed by atoms with Crippen molar-refractivity contribution in [2.45, 2.75) is 39.7 Å². The van der Waals surface area contributed by atoms with E-state index in [0.29, 0.717) is 0 Å². The van der Waals surface area contributed by atoms with Crippen LogP contribution in [0.2, 0.25) is 0 Å². The lowest BCUT2D eigenvalue weighted by Gasteiger charge is -2.27. The van der Waals surface area contributed by atoms with Crippen LogP contribution in [0.4, 0.5) is 0 Å². The summed E-state index contributed by atoms with van der Waals surface area (Å²) in [4.78, 5) is 35.3. The van der Waals surface area contributed by atoms with Crippen LogP contribution in [0.1, 0.15) is 34.1 Å². The van der Waals surface area contributed by atoms with E-state index in [2.05, 4.69) is 17.2 Å². The van der Waals surface area contributed by atoms with Crippen molar-refractivity contribution in [2.75, 3.05) is 13.2 Å². The number of esters is 2. The molecule has 0 saturated heterocycles. The van der Waals surface area contributed by atoms with E-state index in [1.54, 1.807) is 20.8 Å². The first-order valence-corrected chi connectivity index (χ1v) is 5.97. The molecule has 1 N–H and O–H groups in total. The lowest BCUT2D eigenvalue weighted by molar-refractivity contribution is -0.167. The second-order valence-electron chi connectivity index (χ2n) is 3.63. The molecule has 19 heavy (non-hydrogen) atoms. The molecule has 0 heterocycles. The monoisotopic (exact) mass is 269 g/mol. The predicted octanol–water partition coefficient (Wildman–Crippen LogP) is 0.401. The molecule has 0 radical (unpaired) electrons. The van der Waals surface area contributed by atoms with Gasteiger partial charge in [0.25, 0.3) is 0 Å². The molecule has 0 spiro atoms. The second kappa shape index (κ2) is 8.14. The predicted molar refractivity (Wildman–Crippen MR) is 67.9 cm³/mol. The largest absolute Gasteiger partial charge is 0.464 e. The fourth-order valence-electron chi connectivity index (χ4n) is 1.40. The maximum atomic E-state index is 12.0. The minimum Gasteiger partial charge on any atom is -0.464 e. The van der Waals surface area contributed by atoms with Crippen molar-refractivity contribution in [1.82, 2.24) is 5.32 Å². The topological polar surface area (TPSA) is 81.7 Å². The van der Waals surface area contributed by atoms with E-state index in [0.717, 1.165) is 0 Å². The van der Waals surface area contributed by atoms with E-state index in [9.17, 15) is 14.4 Å². The van der Waals surface area contributed by atoms with E-state index < -0.39 is 23.4 Å². The number of rotatable bonds is 6. The summed E-state index contributed by atoms with van der Waals surface area (Å²) in [7, 11) is 0. The Morgan fingerprint density at radius 3 is 1.89 bits per heavy atom. The number of hydrogen-bond acceptors (Lipinski definition) is 5. The molecular formula is C13H19NO5. The summed E-state index contributed by atoms with van der Waals surface area (Å²) < 4.78 is 9.70. The SMILES string of the molecule is CC#CCC(NC(C)=O)(C(=O)OCC)C(=O)OCC. The summed E-state index contributed by atoms with van der Waals surface area (Å²) in [6, 6.07) is 0. The van der Waals surface area contributed by atoms with Crippen LogP contribution < -0.4 is 5.32 Å². The number of carbonyl (C=O) groups excluding carboxylic acids is 3. The number of ether oxygens (including phenoxy) is 2. The maximum absolute atomic E-state index is 12.0. The van der Waals surface area contributed by atoms with Gasteiger partial charge in [-0.25, -0.2) is 9.59 Å². The quantitative estimate of drug-likeness (QED) is 0.429. The first kappa shape index (κ1) is 17.0. The molecule has 106 valence electrons. The lowest BCUT2D eigenvalue weighted by atomic mass is 9.95. The minimum atomic E-state index is -1.90. The Morgan fingerprint density at radius 2 is 1.58 bits per heavy atom. The highest BCUT2D eigenvalue weighted by molar-refractivity contribution is 6.08. The smallest absolute Gasteiger partial charge is 0.344 e. The van der Waals surface area contributed by atoms with Crippen molar-refractivity contribution in [1.29, 1.82) is 0 Å². The Labute approximate surface area is 112 Å². The third-order valence-electron chi connectivity index (χ3n) is 2.17. The summed E-state index contributed by atoms with van der Waals surface area (Å²) in [6.07, 6.45) is -0.194. The van der Waals surface area contributed by atoms with E-state index in [1.165, 1.54) is 6.92 Å². The van der Waals surface area contributed by atoms with Crippen molar-refractivity contribution < 1.29 is 23.9 Å². The number of carbonyl (C=O) groups is 3. The Bertz CT molecular complexity index is 387. The van der Waals surface area contributed by atoms with Gasteiger partial charge in [-0.2, -0.15) is 0 Å². The van der Waals surface area contributed by atoms with Crippen molar-refractivity contribution >= 4 is 17.8 Å². The molecular weight excluding hydrogens is 250 g/mol. The first-order chi connectivity index (χ1) is 8.94. The molecule has 0 aliphatic carbocycles. The summed E-state index contributed by atoms with van der Waals surface area (Å²) in [5.41, 5.74) is -1.90. The zero-order valence-corrected chi connectivity index (χ0v) is 11.7. The van der Waals surface area contributed by atoms with Crippen LogP contribution in [0.15, 0.2) is 0 Å². The lowest BCUT2D eigenvalue weighted by Crippen LogP contribution is -2.61. The number of amides is 1. The van der Waals surface area contributed by atoms with Crippen molar-refractivity contribution in [3.63, 3.8) is 0 Å². The number of hydrogen-bond donors (Lipinski definition) is 1. The first-order valence-electron chi connectivity index (χ1n) is 5.97. The van der Waals surface area contributed by atoms with E-state index in [-0.39, 0.29) is 19.6 Å². The van der Waals surface area contributed by atoms with Gasteiger partial charge in [0.05, 0.1) is 19.6 Å². The summed E-state index contributed by atoms with van der Waals surface area (Å²) >= 11 is 0. The zero-order chi connectivity index (χ0) is 14.9. The Morgan fingerprint density at radius 1 is 1.11 bits per heavy atom. The number of nitrogens with one attached hydrogen (secondary N) is 1. The van der Waals surface area contributed by atoms with Crippen LogP contribution in [0, 0.1) is 11.8 Å². The van der Waals surface area contributed by atoms with Crippen LogP contribution in [0.25, 0.3) is 0 Å². The molecule has 0 aromatic heterocycles. The van der Waals surface area contributed by atoms with E-state index in [1.807, 2.05) is 0 Å². The van der Waals surface area contributed by atoms with Gasteiger partial charge in [0.2, 0.25) is 11.4 Å². The van der Waals surface area contributed by atoms with Gasteiger partial charge in [0, 0.05) is 6.92 Å². The fourth-order valence-corrected chi connectivity index (χ4v) is 1.40. The molecule has 0 fully saturated rings. The average Bonchev–Trinajstić information content (AvgIpc) is 2.34. The van der Waals surface area contributed by atoms with Gasteiger partial charge < -0.3 is 14.8 Å². The molecule has 0 aromatic rings. The third kappa shape index (κ3) is 4.62. The molecule has 6 nitrogen and oxygen atoms in total. The minimum absolute atomic E-state index is 0.0825. The normalized spacial score (nSPS) is 9.89. The highest BCUT2D eigenvalue weighted by Crippen LogP contribution is 2.16. The molecule has 0 unspecified atom stereocenters. The van der Waals surface area contributed by atoms with Gasteiger partial charge in [-0.05, 0) is 20.8 Å². The maximum Gasteiger partial charge on any atom is 0.344 e. The standard InChI is InChI=1S/C13H19NO5/c1-5-8-9-13(14-10(4)15,11(16)18-6-2)12(17)19-7-3/h6-7,9H2,1-4H3,(H,14,15). The molecule has 6 heteroatoms. The van der Waals surface area contributed by atoms with Gasteiger partial charge in [0.1, 0.15) is 0 Å². The van der Waals surface area contributed by atoms with Gasteiger partial charge in [-0.15, -0.1) is 5.92 Å². The fraction of sp³-hybridized carbons (Fsp3) is 0.615. The van der Waals surface area contributed by atoms with Gasteiger partial charge >= 0.3 is 11.9 Å². The van der Waals surface area contributed by atoms with Gasteiger partial charge in [-0.1, -0.05) is 5.92 Å². The van der Waals surface area contributed by atoms with E-state index in [4.69, 9.17) is 9.47 Å². The Balaban J connectivity index is 5.52. The molecule has 1 amide bonds. The highest BCUT2D eigenvalue weighted by atomic mass is 16.6. The van der Waals surface area contributed by atoms with Crippen LogP contribution >= 0.6 is 0 Å². The van der Waals surface area contributed by atoms with Crippen LogP contribution in [0.3, 0.4) is 0 Å². The molecule has 0 atom stereocenters. The summed E-state index contributed by atoms with van der Waals surface area (Å²) in [6.45, 7) is 6.14. The van der Waals surface area contributed by atoms with Crippen LogP contribution in [-0.2, 0) is 23.9 Å². The molecule has 0 bridgehead atoms. The Kier molecular flexibility index (Phi) is 7.27. The van der Waals surface area contributed by atoms with Crippen LogP contribution in [0.5, 0.6) is 0 Å². The second-order valence-corrected chi connectivity index (χ2v) is 3.63. The summed E-state index contributed by atoms with van der Waals surface area (Å²) in [5, 5.41) is 2.31. The molecule has 0 aromatic carbocycles. The highest BCUT2D eigenvalue weighted by Gasteiger charge is 2.49. The average molecular weight is 269 g/mol. The third-order valence-corrected chi connectivity index (χ3v) is 2.17. The van der Waals surface area contributed by atoms with Gasteiger partial charge in [-0.3, -0.25) is 4.79 Å². The van der Waals surface area contributed by atoms with Crippen molar-refractivity contribution in [2.24, 2.45) is 0 Å². The van der Waals surface area contributed by atoms with Crippen molar-refractivity contribution in [3.05, 3.63) is 0 Å². The summed E-state index contributed by atoms with van der Waals surface area (Å²) in [5.74, 6) is 2.90.